The van der Waals surface area contributed by atoms with Gasteiger partial charge in [-0.1, -0.05) is 12.1 Å². The third-order valence-electron chi connectivity index (χ3n) is 3.89. The van der Waals surface area contributed by atoms with Crippen LogP contribution in [0.4, 0.5) is 11.4 Å². The number of ether oxygens (including phenoxy) is 1. The van der Waals surface area contributed by atoms with E-state index in [1.165, 1.54) is 0 Å². The van der Waals surface area contributed by atoms with E-state index in [2.05, 4.69) is 5.32 Å². The van der Waals surface area contributed by atoms with Gasteiger partial charge in [-0.05, 0) is 38.8 Å². The van der Waals surface area contributed by atoms with Gasteiger partial charge >= 0.3 is 5.97 Å². The predicted octanol–water partition coefficient (Wildman–Crippen LogP) is 2.18. The fraction of sp³-hybridized carbons (Fsp3) is 0.500. The number of hydrogen-bond acceptors (Lipinski definition) is 4. The van der Waals surface area contributed by atoms with E-state index < -0.39 is 5.54 Å². The Morgan fingerprint density at radius 3 is 2.81 bits per heavy atom. The Morgan fingerprint density at radius 2 is 2.10 bits per heavy atom. The molecule has 1 fully saturated rings. The number of benzene rings is 1. The maximum absolute atomic E-state index is 12.6. The second-order valence-corrected chi connectivity index (χ2v) is 6.17. The molecule has 1 saturated carbocycles. The van der Waals surface area contributed by atoms with Crippen molar-refractivity contribution in [3.63, 3.8) is 0 Å². The van der Waals surface area contributed by atoms with Gasteiger partial charge in [-0.15, -0.1) is 0 Å². The van der Waals surface area contributed by atoms with Crippen LogP contribution >= 0.6 is 0 Å². The fourth-order valence-electron chi connectivity index (χ4n) is 2.55. The first-order valence-electron chi connectivity index (χ1n) is 7.35. The maximum atomic E-state index is 12.6. The van der Waals surface area contributed by atoms with Crippen molar-refractivity contribution in [2.75, 3.05) is 23.4 Å². The number of carbonyl (C=O) groups excluding carboxylic acids is 2. The van der Waals surface area contributed by atoms with E-state index in [0.717, 1.165) is 24.2 Å². The SMILES string of the molecule is CC1(C)Nc2ccccc2N(CCOC(=O)C2CC2)C1=O. The highest BCUT2D eigenvalue weighted by atomic mass is 16.5. The van der Waals surface area contributed by atoms with Crippen LogP contribution in [0.5, 0.6) is 0 Å². The van der Waals surface area contributed by atoms with Crippen LogP contribution in [0.3, 0.4) is 0 Å². The van der Waals surface area contributed by atoms with Gasteiger partial charge in [0, 0.05) is 0 Å². The molecule has 3 rings (SSSR count). The first kappa shape index (κ1) is 13.9. The predicted molar refractivity (Wildman–Crippen MR) is 80.2 cm³/mol. The van der Waals surface area contributed by atoms with Crippen LogP contribution in [-0.4, -0.2) is 30.6 Å². The number of fused-ring (bicyclic) bond motifs is 1. The highest BCUT2D eigenvalue weighted by Crippen LogP contribution is 2.35. The summed E-state index contributed by atoms with van der Waals surface area (Å²) in [6.45, 7) is 4.34. The van der Waals surface area contributed by atoms with Gasteiger partial charge in [-0.3, -0.25) is 9.59 Å². The molecule has 0 saturated heterocycles. The number of nitrogens with zero attached hydrogens (tertiary/aromatic N) is 1. The molecule has 0 radical (unpaired) electrons. The standard InChI is InChI=1S/C16H20N2O3/c1-16(2)15(20)18(9-10-21-14(19)11-7-8-11)13-6-4-3-5-12(13)17-16/h3-6,11,17H,7-10H2,1-2H3. The van der Waals surface area contributed by atoms with Crippen molar-refractivity contribution in [3.8, 4) is 0 Å². The number of esters is 1. The molecule has 1 aromatic carbocycles. The van der Waals surface area contributed by atoms with Gasteiger partial charge in [-0.25, -0.2) is 0 Å². The molecule has 0 unspecified atom stereocenters. The Hall–Kier alpha value is -2.04. The van der Waals surface area contributed by atoms with Gasteiger partial charge in [0.1, 0.15) is 12.1 Å². The monoisotopic (exact) mass is 288 g/mol. The van der Waals surface area contributed by atoms with Gasteiger partial charge in [0.15, 0.2) is 0 Å². The van der Waals surface area contributed by atoms with E-state index >= 15 is 0 Å². The summed E-state index contributed by atoms with van der Waals surface area (Å²) in [5.41, 5.74) is 1.11. The summed E-state index contributed by atoms with van der Waals surface area (Å²) in [5.74, 6) is -0.0544. The summed E-state index contributed by atoms with van der Waals surface area (Å²) < 4.78 is 5.25. The first-order valence-corrected chi connectivity index (χ1v) is 7.35. The van der Waals surface area contributed by atoms with Crippen LogP contribution in [0.2, 0.25) is 0 Å². The van der Waals surface area contributed by atoms with E-state index in [4.69, 9.17) is 4.74 Å². The van der Waals surface area contributed by atoms with Crippen molar-refractivity contribution in [2.45, 2.75) is 32.2 Å². The molecule has 1 heterocycles. The van der Waals surface area contributed by atoms with Crippen molar-refractivity contribution >= 4 is 23.3 Å². The van der Waals surface area contributed by atoms with Crippen LogP contribution < -0.4 is 10.2 Å². The van der Waals surface area contributed by atoms with Crippen molar-refractivity contribution in [2.24, 2.45) is 5.92 Å². The van der Waals surface area contributed by atoms with Gasteiger partial charge in [0.25, 0.3) is 5.91 Å². The maximum Gasteiger partial charge on any atom is 0.308 e. The number of amides is 1. The Labute approximate surface area is 124 Å². The Kier molecular flexibility index (Phi) is 3.35. The summed E-state index contributed by atoms with van der Waals surface area (Å²) in [4.78, 5) is 25.8. The molecule has 0 atom stereocenters. The van der Waals surface area contributed by atoms with E-state index in [9.17, 15) is 9.59 Å². The Bertz CT molecular complexity index is 579. The van der Waals surface area contributed by atoms with Crippen molar-refractivity contribution in [1.82, 2.24) is 0 Å². The molecule has 5 heteroatoms. The lowest BCUT2D eigenvalue weighted by atomic mass is 9.98. The minimum absolute atomic E-state index is 0.0105. The number of para-hydroxylation sites is 2. The molecule has 0 spiro atoms. The Balaban J connectivity index is 1.72. The van der Waals surface area contributed by atoms with E-state index in [1.54, 1.807) is 4.90 Å². The lowest BCUT2D eigenvalue weighted by Gasteiger charge is -2.39. The molecule has 1 aliphatic heterocycles. The minimum Gasteiger partial charge on any atom is -0.464 e. The fourth-order valence-corrected chi connectivity index (χ4v) is 2.55. The lowest BCUT2D eigenvalue weighted by Crippen LogP contribution is -2.54. The van der Waals surface area contributed by atoms with Gasteiger partial charge < -0.3 is 15.0 Å². The van der Waals surface area contributed by atoms with E-state index in [0.29, 0.717) is 6.54 Å². The summed E-state index contributed by atoms with van der Waals surface area (Å²) in [6, 6.07) is 7.68. The second-order valence-electron chi connectivity index (χ2n) is 6.17. The van der Waals surface area contributed by atoms with Crippen LogP contribution in [0.15, 0.2) is 24.3 Å². The molecule has 112 valence electrons. The highest BCUT2D eigenvalue weighted by molar-refractivity contribution is 6.07. The molecule has 1 amide bonds. The third-order valence-corrected chi connectivity index (χ3v) is 3.89. The number of hydrogen-bond donors (Lipinski definition) is 1. The summed E-state index contributed by atoms with van der Waals surface area (Å²) >= 11 is 0. The van der Waals surface area contributed by atoms with Crippen LogP contribution in [0.25, 0.3) is 0 Å². The van der Waals surface area contributed by atoms with Gasteiger partial charge in [0.2, 0.25) is 0 Å². The molecule has 5 nitrogen and oxygen atoms in total. The van der Waals surface area contributed by atoms with Crippen LogP contribution in [0.1, 0.15) is 26.7 Å². The molecule has 21 heavy (non-hydrogen) atoms. The topological polar surface area (TPSA) is 58.6 Å². The average molecular weight is 288 g/mol. The molecular weight excluding hydrogens is 268 g/mol. The molecule has 1 aliphatic carbocycles. The zero-order chi connectivity index (χ0) is 15.0. The van der Waals surface area contributed by atoms with Crippen molar-refractivity contribution < 1.29 is 14.3 Å². The normalized spacial score (nSPS) is 19.7. The number of carbonyl (C=O) groups is 2. The van der Waals surface area contributed by atoms with Crippen molar-refractivity contribution in [3.05, 3.63) is 24.3 Å². The quantitative estimate of drug-likeness (QED) is 0.863. The molecular formula is C16H20N2O3. The zero-order valence-electron chi connectivity index (χ0n) is 12.4. The largest absolute Gasteiger partial charge is 0.464 e. The molecule has 1 N–H and O–H groups in total. The average Bonchev–Trinajstić information content (AvgIpc) is 3.27. The Morgan fingerprint density at radius 1 is 1.38 bits per heavy atom. The second kappa shape index (κ2) is 5.06. The van der Waals surface area contributed by atoms with Gasteiger partial charge in [-0.2, -0.15) is 0 Å². The zero-order valence-corrected chi connectivity index (χ0v) is 12.4. The molecule has 0 bridgehead atoms. The third kappa shape index (κ3) is 2.73. The first-order chi connectivity index (χ1) is 9.99. The summed E-state index contributed by atoms with van der Waals surface area (Å²) in [5, 5.41) is 3.24. The summed E-state index contributed by atoms with van der Waals surface area (Å²) in [6.07, 6.45) is 1.86. The van der Waals surface area contributed by atoms with E-state index in [-0.39, 0.29) is 24.4 Å². The highest BCUT2D eigenvalue weighted by Gasteiger charge is 2.38. The number of anilines is 2. The number of nitrogens with one attached hydrogen (secondary N) is 1. The molecule has 0 aromatic heterocycles. The van der Waals surface area contributed by atoms with Crippen LogP contribution in [-0.2, 0) is 14.3 Å². The molecule has 1 aromatic rings. The number of rotatable bonds is 4. The van der Waals surface area contributed by atoms with E-state index in [1.807, 2.05) is 38.1 Å². The van der Waals surface area contributed by atoms with Crippen LogP contribution in [0, 0.1) is 5.92 Å². The molecule has 2 aliphatic rings. The summed E-state index contributed by atoms with van der Waals surface area (Å²) in [7, 11) is 0. The van der Waals surface area contributed by atoms with Gasteiger partial charge in [0.05, 0.1) is 23.8 Å². The lowest BCUT2D eigenvalue weighted by molar-refractivity contribution is -0.145. The smallest absolute Gasteiger partial charge is 0.308 e. The van der Waals surface area contributed by atoms with Crippen molar-refractivity contribution in [1.29, 1.82) is 0 Å². The minimum atomic E-state index is -0.658.